The predicted molar refractivity (Wildman–Crippen MR) is 92.9 cm³/mol. The molecule has 122 valence electrons. The van der Waals surface area contributed by atoms with Crippen LogP contribution in [0.25, 0.3) is 0 Å². The summed E-state index contributed by atoms with van der Waals surface area (Å²) in [4.78, 5) is 4.58. The first-order valence-electron chi connectivity index (χ1n) is 8.91. The van der Waals surface area contributed by atoms with E-state index in [-0.39, 0.29) is 0 Å². The molecule has 1 heterocycles. The fourth-order valence-electron chi connectivity index (χ4n) is 2.57. The molecule has 0 aliphatic carbocycles. The second-order valence-corrected chi connectivity index (χ2v) is 6.65. The zero-order chi connectivity index (χ0) is 15.5. The standard InChI is InChI=1S/C18H35N3/c1-5-6-7-8-9-10-11-12-13-21-15-17(4)20-18(21)19-14-16(2)3/h15-16H,5-14H2,1-4H3,(H,19,20). The minimum Gasteiger partial charge on any atom is -0.355 e. The van der Waals surface area contributed by atoms with Crippen LogP contribution in [0.4, 0.5) is 5.95 Å². The van der Waals surface area contributed by atoms with E-state index >= 15 is 0 Å². The van der Waals surface area contributed by atoms with Crippen molar-refractivity contribution in [1.82, 2.24) is 9.55 Å². The molecule has 21 heavy (non-hydrogen) atoms. The Labute approximate surface area is 131 Å². The molecule has 0 saturated carbocycles. The molecule has 0 saturated heterocycles. The Morgan fingerprint density at radius 2 is 1.67 bits per heavy atom. The number of rotatable bonds is 12. The molecule has 3 heteroatoms. The number of unbranched alkanes of at least 4 members (excludes halogenated alkanes) is 7. The molecule has 0 amide bonds. The number of nitrogens with zero attached hydrogens (tertiary/aromatic N) is 2. The van der Waals surface area contributed by atoms with Gasteiger partial charge in [0.1, 0.15) is 0 Å². The number of anilines is 1. The van der Waals surface area contributed by atoms with E-state index in [9.17, 15) is 0 Å². The molecule has 0 spiro atoms. The van der Waals surface area contributed by atoms with Crippen molar-refractivity contribution < 1.29 is 0 Å². The van der Waals surface area contributed by atoms with Crippen LogP contribution in [0.5, 0.6) is 0 Å². The average Bonchev–Trinajstić information content (AvgIpc) is 2.79. The second-order valence-electron chi connectivity index (χ2n) is 6.65. The zero-order valence-corrected chi connectivity index (χ0v) is 14.6. The quantitative estimate of drug-likeness (QED) is 0.523. The van der Waals surface area contributed by atoms with Gasteiger partial charge in [0.25, 0.3) is 0 Å². The number of hydrogen-bond acceptors (Lipinski definition) is 2. The third kappa shape index (κ3) is 8.13. The van der Waals surface area contributed by atoms with Gasteiger partial charge in [-0.1, -0.05) is 65.7 Å². The predicted octanol–water partition coefficient (Wildman–Crippen LogP) is 5.40. The van der Waals surface area contributed by atoms with Gasteiger partial charge in [0.15, 0.2) is 0 Å². The molecular formula is C18H35N3. The summed E-state index contributed by atoms with van der Waals surface area (Å²) in [6, 6.07) is 0. The van der Waals surface area contributed by atoms with Crippen LogP contribution in [-0.4, -0.2) is 16.1 Å². The van der Waals surface area contributed by atoms with Crippen molar-refractivity contribution in [2.75, 3.05) is 11.9 Å². The van der Waals surface area contributed by atoms with Crippen molar-refractivity contribution >= 4 is 5.95 Å². The Balaban J connectivity index is 2.19. The van der Waals surface area contributed by atoms with Crippen LogP contribution in [0.15, 0.2) is 6.20 Å². The zero-order valence-electron chi connectivity index (χ0n) is 14.6. The maximum absolute atomic E-state index is 4.58. The van der Waals surface area contributed by atoms with Crippen molar-refractivity contribution in [3.63, 3.8) is 0 Å². The highest BCUT2D eigenvalue weighted by Gasteiger charge is 2.05. The van der Waals surface area contributed by atoms with Gasteiger partial charge in [-0.15, -0.1) is 0 Å². The Morgan fingerprint density at radius 3 is 2.29 bits per heavy atom. The van der Waals surface area contributed by atoms with E-state index in [0.29, 0.717) is 5.92 Å². The van der Waals surface area contributed by atoms with Crippen molar-refractivity contribution in [2.45, 2.75) is 85.6 Å². The summed E-state index contributed by atoms with van der Waals surface area (Å²) in [7, 11) is 0. The van der Waals surface area contributed by atoms with Gasteiger partial charge in [-0.2, -0.15) is 0 Å². The molecule has 0 aliphatic heterocycles. The van der Waals surface area contributed by atoms with Crippen LogP contribution in [0, 0.1) is 12.8 Å². The molecule has 0 aliphatic rings. The molecular weight excluding hydrogens is 258 g/mol. The number of aromatic nitrogens is 2. The van der Waals surface area contributed by atoms with Crippen molar-refractivity contribution in [3.05, 3.63) is 11.9 Å². The monoisotopic (exact) mass is 293 g/mol. The van der Waals surface area contributed by atoms with Crippen LogP contribution >= 0.6 is 0 Å². The van der Waals surface area contributed by atoms with Gasteiger partial charge in [0.2, 0.25) is 5.95 Å². The first-order chi connectivity index (χ1) is 10.1. The van der Waals surface area contributed by atoms with Gasteiger partial charge in [-0.25, -0.2) is 4.98 Å². The van der Waals surface area contributed by atoms with Crippen LogP contribution < -0.4 is 5.32 Å². The number of aryl methyl sites for hydroxylation is 2. The summed E-state index contributed by atoms with van der Waals surface area (Å²) in [5.41, 5.74) is 1.11. The van der Waals surface area contributed by atoms with E-state index in [1.165, 1.54) is 51.4 Å². The van der Waals surface area contributed by atoms with Crippen molar-refractivity contribution in [1.29, 1.82) is 0 Å². The van der Waals surface area contributed by atoms with Crippen LogP contribution in [0.2, 0.25) is 0 Å². The van der Waals surface area contributed by atoms with E-state index in [2.05, 4.69) is 48.8 Å². The van der Waals surface area contributed by atoms with E-state index in [1.807, 2.05) is 0 Å². The SMILES string of the molecule is CCCCCCCCCCn1cc(C)nc1NCC(C)C. The lowest BCUT2D eigenvalue weighted by molar-refractivity contribution is 0.544. The van der Waals surface area contributed by atoms with Crippen LogP contribution in [0.3, 0.4) is 0 Å². The highest BCUT2D eigenvalue weighted by molar-refractivity contribution is 5.28. The molecule has 1 rings (SSSR count). The fraction of sp³-hybridized carbons (Fsp3) is 0.833. The van der Waals surface area contributed by atoms with Gasteiger partial charge in [0, 0.05) is 19.3 Å². The highest BCUT2D eigenvalue weighted by Crippen LogP contribution is 2.13. The fourth-order valence-corrected chi connectivity index (χ4v) is 2.57. The van der Waals surface area contributed by atoms with E-state index < -0.39 is 0 Å². The van der Waals surface area contributed by atoms with E-state index in [1.54, 1.807) is 0 Å². The second kappa shape index (κ2) is 10.7. The van der Waals surface area contributed by atoms with Gasteiger partial charge < -0.3 is 9.88 Å². The highest BCUT2D eigenvalue weighted by atomic mass is 15.2. The molecule has 3 nitrogen and oxygen atoms in total. The molecule has 1 N–H and O–H groups in total. The lowest BCUT2D eigenvalue weighted by atomic mass is 10.1. The molecule has 0 atom stereocenters. The van der Waals surface area contributed by atoms with Crippen LogP contribution in [0.1, 0.15) is 77.8 Å². The lowest BCUT2D eigenvalue weighted by Gasteiger charge is -2.11. The molecule has 1 aromatic heterocycles. The minimum atomic E-state index is 0.651. The van der Waals surface area contributed by atoms with Crippen LogP contribution in [-0.2, 0) is 6.54 Å². The topological polar surface area (TPSA) is 29.9 Å². The normalized spacial score (nSPS) is 11.3. The molecule has 0 bridgehead atoms. The first-order valence-corrected chi connectivity index (χ1v) is 8.91. The van der Waals surface area contributed by atoms with E-state index in [0.717, 1.165) is 24.7 Å². The summed E-state index contributed by atoms with van der Waals surface area (Å²) in [5.74, 6) is 1.70. The lowest BCUT2D eigenvalue weighted by Crippen LogP contribution is -2.12. The Bertz CT molecular complexity index is 369. The first kappa shape index (κ1) is 18.1. The minimum absolute atomic E-state index is 0.651. The maximum Gasteiger partial charge on any atom is 0.203 e. The Morgan fingerprint density at radius 1 is 1.05 bits per heavy atom. The van der Waals surface area contributed by atoms with Gasteiger partial charge in [-0.3, -0.25) is 0 Å². The largest absolute Gasteiger partial charge is 0.355 e. The molecule has 1 aromatic rings. The van der Waals surface area contributed by atoms with Crippen molar-refractivity contribution in [3.8, 4) is 0 Å². The Kier molecular flexibility index (Phi) is 9.20. The summed E-state index contributed by atoms with van der Waals surface area (Å²) >= 11 is 0. The maximum atomic E-state index is 4.58. The number of hydrogen-bond donors (Lipinski definition) is 1. The van der Waals surface area contributed by atoms with Gasteiger partial charge in [-0.05, 0) is 19.3 Å². The molecule has 0 radical (unpaired) electrons. The summed E-state index contributed by atoms with van der Waals surface area (Å²) in [6.07, 6.45) is 13.1. The summed E-state index contributed by atoms with van der Waals surface area (Å²) in [6.45, 7) is 10.9. The van der Waals surface area contributed by atoms with Crippen molar-refractivity contribution in [2.24, 2.45) is 5.92 Å². The summed E-state index contributed by atoms with van der Waals surface area (Å²) in [5, 5.41) is 3.46. The van der Waals surface area contributed by atoms with E-state index in [4.69, 9.17) is 0 Å². The average molecular weight is 293 g/mol. The number of nitrogens with one attached hydrogen (secondary N) is 1. The smallest absolute Gasteiger partial charge is 0.203 e. The molecule has 0 fully saturated rings. The van der Waals surface area contributed by atoms with Gasteiger partial charge >= 0.3 is 0 Å². The molecule has 0 unspecified atom stereocenters. The molecule has 0 aromatic carbocycles. The Hall–Kier alpha value is -0.990. The third-order valence-electron chi connectivity index (χ3n) is 3.82. The van der Waals surface area contributed by atoms with Gasteiger partial charge in [0.05, 0.1) is 5.69 Å². The summed E-state index contributed by atoms with van der Waals surface area (Å²) < 4.78 is 2.29. The number of imidazole rings is 1. The third-order valence-corrected chi connectivity index (χ3v) is 3.82.